The van der Waals surface area contributed by atoms with Crippen LogP contribution in [0, 0.1) is 0 Å². The van der Waals surface area contributed by atoms with E-state index in [0.717, 1.165) is 5.71 Å². The van der Waals surface area contributed by atoms with E-state index in [4.69, 9.17) is 4.74 Å². The van der Waals surface area contributed by atoms with E-state index in [9.17, 15) is 9.59 Å². The maximum Gasteiger partial charge on any atom is 0.409 e. The molecular formula is C13H23N5O3. The zero-order valence-electron chi connectivity index (χ0n) is 12.5. The summed E-state index contributed by atoms with van der Waals surface area (Å²) in [5.41, 5.74) is 3.92. The van der Waals surface area contributed by atoms with Gasteiger partial charge in [-0.3, -0.25) is 15.5 Å². The van der Waals surface area contributed by atoms with Gasteiger partial charge in [0.15, 0.2) is 6.29 Å². The van der Waals surface area contributed by atoms with Gasteiger partial charge in [-0.15, -0.1) is 0 Å². The molecule has 0 aromatic rings. The molecule has 0 aromatic heterocycles. The molecule has 0 aliphatic carbocycles. The van der Waals surface area contributed by atoms with Crippen molar-refractivity contribution in [1.82, 2.24) is 21.0 Å². The highest BCUT2D eigenvalue weighted by Crippen LogP contribution is 2.08. The molecule has 0 aromatic carbocycles. The lowest BCUT2D eigenvalue weighted by atomic mass is 10.1. The number of rotatable bonds is 3. The Morgan fingerprint density at radius 1 is 1.48 bits per heavy atom. The second-order valence-electron chi connectivity index (χ2n) is 5.27. The molecule has 2 amide bonds. The Kier molecular flexibility index (Phi) is 5.38. The minimum atomic E-state index is -0.336. The first-order valence-electron chi connectivity index (χ1n) is 7.36. The summed E-state index contributed by atoms with van der Waals surface area (Å²) in [7, 11) is 0. The van der Waals surface area contributed by atoms with Crippen molar-refractivity contribution in [1.29, 1.82) is 0 Å². The minimum Gasteiger partial charge on any atom is -0.450 e. The Labute approximate surface area is 124 Å². The van der Waals surface area contributed by atoms with E-state index in [1.807, 2.05) is 6.92 Å². The van der Waals surface area contributed by atoms with Crippen LogP contribution in [0.25, 0.3) is 0 Å². The minimum absolute atomic E-state index is 0.0103. The van der Waals surface area contributed by atoms with Crippen LogP contribution in [0.3, 0.4) is 0 Å². The molecule has 0 bridgehead atoms. The summed E-state index contributed by atoms with van der Waals surface area (Å²) >= 11 is 0. The molecule has 0 radical (unpaired) electrons. The summed E-state index contributed by atoms with van der Waals surface area (Å²) < 4.78 is 4.97. The van der Waals surface area contributed by atoms with E-state index in [-0.39, 0.29) is 24.3 Å². The molecule has 118 valence electrons. The van der Waals surface area contributed by atoms with Gasteiger partial charge in [-0.25, -0.2) is 4.79 Å². The average Bonchev–Trinajstić information content (AvgIpc) is 2.45. The highest BCUT2D eigenvalue weighted by atomic mass is 16.6. The number of ether oxygens (including phenoxy) is 1. The van der Waals surface area contributed by atoms with Gasteiger partial charge in [-0.1, -0.05) is 0 Å². The zero-order valence-corrected chi connectivity index (χ0v) is 12.5. The Bertz CT molecular complexity index is 416. The van der Waals surface area contributed by atoms with Crippen molar-refractivity contribution < 1.29 is 14.3 Å². The van der Waals surface area contributed by atoms with Crippen LogP contribution in [0.1, 0.15) is 33.1 Å². The monoisotopic (exact) mass is 297 g/mol. The average molecular weight is 297 g/mol. The summed E-state index contributed by atoms with van der Waals surface area (Å²) in [6.07, 6.45) is 1.30. The quantitative estimate of drug-likeness (QED) is 0.636. The summed E-state index contributed by atoms with van der Waals surface area (Å²) in [4.78, 5) is 24.7. The van der Waals surface area contributed by atoms with Crippen LogP contribution in [0.2, 0.25) is 0 Å². The van der Waals surface area contributed by atoms with Crippen LogP contribution >= 0.6 is 0 Å². The van der Waals surface area contributed by atoms with Crippen molar-refractivity contribution in [2.45, 2.75) is 45.4 Å². The fourth-order valence-electron chi connectivity index (χ4n) is 2.38. The third-order valence-corrected chi connectivity index (χ3v) is 3.47. The van der Waals surface area contributed by atoms with E-state index in [1.54, 1.807) is 11.8 Å². The molecule has 2 heterocycles. The Morgan fingerprint density at radius 3 is 2.81 bits per heavy atom. The largest absolute Gasteiger partial charge is 0.450 e. The summed E-state index contributed by atoms with van der Waals surface area (Å²) in [5.74, 6) is 0.0103. The molecule has 3 N–H and O–H groups in total. The third-order valence-electron chi connectivity index (χ3n) is 3.47. The normalized spacial score (nSPS) is 26.1. The molecule has 21 heavy (non-hydrogen) atoms. The summed E-state index contributed by atoms with van der Waals surface area (Å²) in [5, 5.41) is 10.3. The van der Waals surface area contributed by atoms with Gasteiger partial charge in [0.2, 0.25) is 5.91 Å². The fourth-order valence-corrected chi connectivity index (χ4v) is 2.38. The van der Waals surface area contributed by atoms with Gasteiger partial charge in [-0.2, -0.15) is 5.10 Å². The van der Waals surface area contributed by atoms with Crippen molar-refractivity contribution in [2.24, 2.45) is 5.10 Å². The van der Waals surface area contributed by atoms with E-state index in [0.29, 0.717) is 39.0 Å². The number of carbonyl (C=O) groups is 2. The number of carbonyl (C=O) groups excluding carboxylic acids is 2. The predicted octanol–water partition coefficient (Wildman–Crippen LogP) is -0.0341. The Morgan fingerprint density at radius 2 is 2.19 bits per heavy atom. The molecule has 2 aliphatic heterocycles. The molecule has 8 heteroatoms. The van der Waals surface area contributed by atoms with Crippen LogP contribution < -0.4 is 16.1 Å². The molecule has 2 aliphatic rings. The second kappa shape index (κ2) is 7.26. The first-order chi connectivity index (χ1) is 10.1. The lowest BCUT2D eigenvalue weighted by Crippen LogP contribution is -2.61. The number of hydrogen-bond donors (Lipinski definition) is 3. The number of hydrazone groups is 1. The van der Waals surface area contributed by atoms with Gasteiger partial charge in [0.05, 0.1) is 6.61 Å². The smallest absolute Gasteiger partial charge is 0.409 e. The fraction of sp³-hybridized carbons (Fsp3) is 0.769. The van der Waals surface area contributed by atoms with Crippen molar-refractivity contribution >= 4 is 17.7 Å². The van der Waals surface area contributed by atoms with Gasteiger partial charge in [0.1, 0.15) is 0 Å². The number of hydrogen-bond acceptors (Lipinski definition) is 6. The van der Waals surface area contributed by atoms with Crippen LogP contribution in [0.5, 0.6) is 0 Å². The van der Waals surface area contributed by atoms with Gasteiger partial charge in [0.25, 0.3) is 0 Å². The van der Waals surface area contributed by atoms with Gasteiger partial charge in [0, 0.05) is 44.1 Å². The molecule has 2 unspecified atom stereocenters. The van der Waals surface area contributed by atoms with E-state index in [1.165, 1.54) is 0 Å². The van der Waals surface area contributed by atoms with Crippen LogP contribution in [0.15, 0.2) is 5.10 Å². The lowest BCUT2D eigenvalue weighted by Gasteiger charge is -2.30. The number of nitrogens with one attached hydrogen (secondary N) is 3. The second-order valence-corrected chi connectivity index (χ2v) is 5.27. The van der Waals surface area contributed by atoms with Crippen LogP contribution in [-0.4, -0.2) is 54.6 Å². The van der Waals surface area contributed by atoms with E-state index in [2.05, 4.69) is 21.2 Å². The summed E-state index contributed by atoms with van der Waals surface area (Å²) in [6, 6.07) is 0.127. The van der Waals surface area contributed by atoms with E-state index < -0.39 is 0 Å². The van der Waals surface area contributed by atoms with Crippen LogP contribution in [0.4, 0.5) is 4.79 Å². The van der Waals surface area contributed by atoms with Crippen molar-refractivity contribution in [3.63, 3.8) is 0 Å². The van der Waals surface area contributed by atoms with Crippen molar-refractivity contribution in [3.05, 3.63) is 0 Å². The van der Waals surface area contributed by atoms with E-state index >= 15 is 0 Å². The topological polar surface area (TPSA) is 95.1 Å². The lowest BCUT2D eigenvalue weighted by molar-refractivity contribution is -0.124. The SMILES string of the molecule is CCOC(=O)N1CCC(=NNC2NC(=O)CC(C)N2)CC1. The first-order valence-corrected chi connectivity index (χ1v) is 7.36. The maximum absolute atomic E-state index is 11.6. The first kappa shape index (κ1) is 15.6. The number of piperidine rings is 1. The number of amides is 2. The standard InChI is InChI=1S/C13H23N5O3/c1-3-21-13(20)18-6-4-10(5-7-18)16-17-12-14-9(2)8-11(19)15-12/h9,12,14,17H,3-8H2,1-2H3,(H,15,19). The molecule has 0 saturated carbocycles. The molecule has 0 spiro atoms. The van der Waals surface area contributed by atoms with Gasteiger partial charge >= 0.3 is 6.09 Å². The Balaban J connectivity index is 1.77. The van der Waals surface area contributed by atoms with Crippen LogP contribution in [-0.2, 0) is 9.53 Å². The number of nitrogens with zero attached hydrogens (tertiary/aromatic N) is 2. The number of likely N-dealkylation sites (tertiary alicyclic amines) is 1. The molecule has 2 atom stereocenters. The molecular weight excluding hydrogens is 274 g/mol. The van der Waals surface area contributed by atoms with Gasteiger partial charge < -0.3 is 15.0 Å². The third kappa shape index (κ3) is 4.59. The zero-order chi connectivity index (χ0) is 15.2. The predicted molar refractivity (Wildman–Crippen MR) is 77.5 cm³/mol. The Hall–Kier alpha value is -1.83. The van der Waals surface area contributed by atoms with Gasteiger partial charge in [-0.05, 0) is 13.8 Å². The summed E-state index contributed by atoms with van der Waals surface area (Å²) in [6.45, 7) is 5.37. The van der Waals surface area contributed by atoms with Crippen molar-refractivity contribution in [2.75, 3.05) is 19.7 Å². The molecule has 8 nitrogen and oxygen atoms in total. The highest BCUT2D eigenvalue weighted by molar-refractivity contribution is 5.86. The molecule has 2 fully saturated rings. The molecule has 2 saturated heterocycles. The molecule has 2 rings (SSSR count). The van der Waals surface area contributed by atoms with Crippen molar-refractivity contribution in [3.8, 4) is 0 Å². The maximum atomic E-state index is 11.6. The highest BCUT2D eigenvalue weighted by Gasteiger charge is 2.23.